The summed E-state index contributed by atoms with van der Waals surface area (Å²) in [5.74, 6) is 1.21. The van der Waals surface area contributed by atoms with Crippen LogP contribution in [-0.2, 0) is 0 Å². The molecule has 72 valence electrons. The molecule has 1 heterocycles. The van der Waals surface area contributed by atoms with Crippen molar-refractivity contribution in [2.75, 3.05) is 11.6 Å². The van der Waals surface area contributed by atoms with Gasteiger partial charge in [-0.05, 0) is 24.3 Å². The van der Waals surface area contributed by atoms with Crippen LogP contribution in [0.15, 0.2) is 16.3 Å². The lowest BCUT2D eigenvalue weighted by atomic mass is 10.4. The summed E-state index contributed by atoms with van der Waals surface area (Å²) >= 11 is 8.78. The summed E-state index contributed by atoms with van der Waals surface area (Å²) in [5.41, 5.74) is 0. The highest BCUT2D eigenvalue weighted by Gasteiger charge is 2.07. The minimum Gasteiger partial charge on any atom is -0.292 e. The molecule has 0 amide bonds. The van der Waals surface area contributed by atoms with E-state index in [9.17, 15) is 4.79 Å². The smallest absolute Gasteiger partial charge is 0.187 e. The van der Waals surface area contributed by atoms with Gasteiger partial charge in [-0.3, -0.25) is 4.79 Å². The first-order valence-corrected chi connectivity index (χ1v) is 6.43. The van der Waals surface area contributed by atoms with E-state index in [1.807, 2.05) is 12.1 Å². The van der Waals surface area contributed by atoms with E-state index >= 15 is 0 Å². The van der Waals surface area contributed by atoms with Crippen LogP contribution in [-0.4, -0.2) is 17.4 Å². The largest absolute Gasteiger partial charge is 0.292 e. The topological polar surface area (TPSA) is 17.1 Å². The lowest BCUT2D eigenvalue weighted by Gasteiger charge is -1.92. The van der Waals surface area contributed by atoms with Crippen LogP contribution >= 0.6 is 34.7 Å². The zero-order chi connectivity index (χ0) is 9.68. The zero-order valence-corrected chi connectivity index (χ0v) is 9.77. The number of thioether (sulfide) groups is 1. The second-order valence-electron chi connectivity index (χ2n) is 2.52. The van der Waals surface area contributed by atoms with Crippen molar-refractivity contribution in [1.82, 2.24) is 0 Å². The molecular weight excluding hydrogens is 224 g/mol. The molecule has 0 spiro atoms. The predicted octanol–water partition coefficient (Wildman–Crippen LogP) is 3.67. The molecule has 0 radical (unpaired) electrons. The first kappa shape index (κ1) is 11.1. The van der Waals surface area contributed by atoms with E-state index in [1.54, 1.807) is 11.8 Å². The number of carbonyl (C=O) groups excluding carboxylic acids is 1. The number of carbonyl (C=O) groups is 1. The van der Waals surface area contributed by atoms with Crippen LogP contribution in [0.5, 0.6) is 0 Å². The summed E-state index contributed by atoms with van der Waals surface area (Å²) in [6.45, 7) is 2.14. The Kier molecular flexibility index (Phi) is 4.84. The molecule has 0 aliphatic rings. The molecule has 1 aromatic heterocycles. The Bertz CT molecular complexity index is 283. The standard InChI is InChI=1S/C9H11ClOS2/c1-2-5-12-9-4-3-8(13-9)7(11)6-10/h3-4H,2,5-6H2,1H3. The Morgan fingerprint density at radius 2 is 2.38 bits per heavy atom. The van der Waals surface area contributed by atoms with Crippen molar-refractivity contribution in [2.45, 2.75) is 17.6 Å². The van der Waals surface area contributed by atoms with Crippen molar-refractivity contribution in [3.05, 3.63) is 17.0 Å². The third-order valence-corrected chi connectivity index (χ3v) is 4.23. The van der Waals surface area contributed by atoms with Gasteiger partial charge in [-0.25, -0.2) is 0 Å². The minimum atomic E-state index is 0.0232. The van der Waals surface area contributed by atoms with Crippen molar-refractivity contribution in [2.24, 2.45) is 0 Å². The molecule has 0 aliphatic heterocycles. The molecule has 0 fully saturated rings. The first-order chi connectivity index (χ1) is 6.27. The molecule has 1 aromatic rings. The molecule has 1 rings (SSSR count). The number of hydrogen-bond donors (Lipinski definition) is 0. The quantitative estimate of drug-likeness (QED) is 0.439. The van der Waals surface area contributed by atoms with Crippen molar-refractivity contribution in [1.29, 1.82) is 0 Å². The molecule has 4 heteroatoms. The highest BCUT2D eigenvalue weighted by Crippen LogP contribution is 2.28. The van der Waals surface area contributed by atoms with E-state index in [1.165, 1.54) is 15.5 Å². The van der Waals surface area contributed by atoms with Crippen LogP contribution in [0.4, 0.5) is 0 Å². The summed E-state index contributed by atoms with van der Waals surface area (Å²) in [7, 11) is 0. The molecule has 0 atom stereocenters. The molecule has 0 saturated carbocycles. The summed E-state index contributed by atoms with van der Waals surface area (Å²) in [6.07, 6.45) is 1.15. The second-order valence-corrected chi connectivity index (χ2v) is 5.27. The molecule has 1 nitrogen and oxygen atoms in total. The lowest BCUT2D eigenvalue weighted by molar-refractivity contribution is 0.102. The molecule has 0 aliphatic carbocycles. The molecule has 0 aromatic carbocycles. The van der Waals surface area contributed by atoms with Gasteiger partial charge < -0.3 is 0 Å². The SMILES string of the molecule is CCCSc1ccc(C(=O)CCl)s1. The number of rotatable bonds is 5. The van der Waals surface area contributed by atoms with Crippen molar-refractivity contribution < 1.29 is 4.79 Å². The van der Waals surface area contributed by atoms with Crippen molar-refractivity contribution >= 4 is 40.5 Å². The Morgan fingerprint density at radius 3 is 3.00 bits per heavy atom. The van der Waals surface area contributed by atoms with Crippen LogP contribution in [0, 0.1) is 0 Å². The maximum Gasteiger partial charge on any atom is 0.187 e. The van der Waals surface area contributed by atoms with E-state index in [0.29, 0.717) is 0 Å². The number of halogens is 1. The Hall–Kier alpha value is 0.01000. The molecule has 0 unspecified atom stereocenters. The van der Waals surface area contributed by atoms with E-state index in [0.717, 1.165) is 17.1 Å². The Balaban J connectivity index is 2.58. The fraction of sp³-hybridized carbons (Fsp3) is 0.444. The van der Waals surface area contributed by atoms with Gasteiger partial charge in [0.1, 0.15) is 0 Å². The maximum absolute atomic E-state index is 11.2. The van der Waals surface area contributed by atoms with Crippen LogP contribution in [0.3, 0.4) is 0 Å². The van der Waals surface area contributed by atoms with Crippen LogP contribution < -0.4 is 0 Å². The van der Waals surface area contributed by atoms with Gasteiger partial charge in [0.25, 0.3) is 0 Å². The zero-order valence-electron chi connectivity index (χ0n) is 7.38. The van der Waals surface area contributed by atoms with Crippen LogP contribution in [0.2, 0.25) is 0 Å². The highest BCUT2D eigenvalue weighted by molar-refractivity contribution is 8.01. The predicted molar refractivity (Wildman–Crippen MR) is 60.4 cm³/mol. The summed E-state index contributed by atoms with van der Waals surface area (Å²) in [6, 6.07) is 3.85. The van der Waals surface area contributed by atoms with E-state index in [-0.39, 0.29) is 11.7 Å². The molecule has 13 heavy (non-hydrogen) atoms. The Morgan fingerprint density at radius 1 is 1.62 bits per heavy atom. The van der Waals surface area contributed by atoms with Gasteiger partial charge in [-0.15, -0.1) is 34.7 Å². The third-order valence-electron chi connectivity index (χ3n) is 1.43. The summed E-state index contributed by atoms with van der Waals surface area (Å²) in [5, 5.41) is 0. The summed E-state index contributed by atoms with van der Waals surface area (Å²) in [4.78, 5) is 11.9. The molecule has 0 saturated heterocycles. The lowest BCUT2D eigenvalue weighted by Crippen LogP contribution is -1.95. The molecule has 0 bridgehead atoms. The van der Waals surface area contributed by atoms with Gasteiger partial charge in [0.15, 0.2) is 5.78 Å². The molecular formula is C9H11ClOS2. The normalized spacial score (nSPS) is 10.3. The highest BCUT2D eigenvalue weighted by atomic mass is 35.5. The van der Waals surface area contributed by atoms with E-state index in [4.69, 9.17) is 11.6 Å². The molecule has 0 N–H and O–H groups in total. The maximum atomic E-state index is 11.2. The minimum absolute atomic E-state index is 0.0232. The fourth-order valence-corrected chi connectivity index (χ4v) is 3.04. The number of hydrogen-bond acceptors (Lipinski definition) is 3. The number of Topliss-reactive ketones (excluding diaryl/α,β-unsaturated/α-hetero) is 1. The average molecular weight is 235 g/mol. The van der Waals surface area contributed by atoms with Gasteiger partial charge in [0.2, 0.25) is 0 Å². The number of ketones is 1. The van der Waals surface area contributed by atoms with E-state index < -0.39 is 0 Å². The monoisotopic (exact) mass is 234 g/mol. The van der Waals surface area contributed by atoms with Gasteiger partial charge in [0.05, 0.1) is 15.0 Å². The van der Waals surface area contributed by atoms with Crippen LogP contribution in [0.1, 0.15) is 23.0 Å². The van der Waals surface area contributed by atoms with E-state index in [2.05, 4.69) is 6.92 Å². The first-order valence-electron chi connectivity index (χ1n) is 4.09. The Labute approximate surface area is 91.5 Å². The number of thiophene rings is 1. The third kappa shape index (κ3) is 3.33. The second kappa shape index (κ2) is 5.68. The van der Waals surface area contributed by atoms with Crippen LogP contribution in [0.25, 0.3) is 0 Å². The van der Waals surface area contributed by atoms with Gasteiger partial charge in [-0.1, -0.05) is 6.92 Å². The fourth-order valence-electron chi connectivity index (χ4n) is 0.816. The van der Waals surface area contributed by atoms with Gasteiger partial charge in [0, 0.05) is 0 Å². The van der Waals surface area contributed by atoms with Crippen molar-refractivity contribution in [3.63, 3.8) is 0 Å². The van der Waals surface area contributed by atoms with Gasteiger partial charge in [-0.2, -0.15) is 0 Å². The average Bonchev–Trinajstić information content (AvgIpc) is 2.62. The van der Waals surface area contributed by atoms with Crippen molar-refractivity contribution in [3.8, 4) is 0 Å². The number of alkyl halides is 1. The summed E-state index contributed by atoms with van der Waals surface area (Å²) < 4.78 is 1.20. The van der Waals surface area contributed by atoms with Gasteiger partial charge >= 0.3 is 0 Å².